The molecule has 3 nitrogen and oxygen atoms in total. The lowest BCUT2D eigenvalue weighted by Crippen LogP contribution is -2.19. The van der Waals surface area contributed by atoms with E-state index < -0.39 is 0 Å². The van der Waals surface area contributed by atoms with E-state index >= 15 is 0 Å². The summed E-state index contributed by atoms with van der Waals surface area (Å²) in [6, 6.07) is 4.55. The van der Waals surface area contributed by atoms with Crippen LogP contribution < -0.4 is 4.74 Å². The van der Waals surface area contributed by atoms with E-state index in [9.17, 15) is 0 Å². The number of thiazole rings is 1. The molecule has 1 aliphatic heterocycles. The number of aromatic nitrogens is 1. The molecule has 0 aliphatic carbocycles. The van der Waals surface area contributed by atoms with Crippen molar-refractivity contribution in [2.24, 2.45) is 0 Å². The van der Waals surface area contributed by atoms with Crippen LogP contribution in [0.3, 0.4) is 0 Å². The van der Waals surface area contributed by atoms with Gasteiger partial charge in [0.15, 0.2) is 0 Å². The largest absolute Gasteiger partial charge is 0.496 e. The Balaban J connectivity index is 2.09. The molecular weight excluding hydrogens is 354 g/mol. The molecule has 0 N–H and O–H groups in total. The summed E-state index contributed by atoms with van der Waals surface area (Å²) in [6.45, 7) is 15.2. The lowest BCUT2D eigenvalue weighted by molar-refractivity contribution is 0.0853. The van der Waals surface area contributed by atoms with Gasteiger partial charge in [-0.1, -0.05) is 41.5 Å². The van der Waals surface area contributed by atoms with Gasteiger partial charge in [-0.25, -0.2) is 4.98 Å². The standard InChI is InChI=1S/C23H33NO2S/c1-22(2,3)17-12-16(13-18(20(17)25-7)23(4,5)6)19-14-27-21(24-19)15-8-10-26-11-9-15/h12-15H,8-11H2,1-7H3. The van der Waals surface area contributed by atoms with E-state index in [0.717, 1.165) is 37.5 Å². The molecule has 148 valence electrons. The topological polar surface area (TPSA) is 31.4 Å². The number of hydrogen-bond acceptors (Lipinski definition) is 4. The van der Waals surface area contributed by atoms with E-state index in [2.05, 4.69) is 59.1 Å². The molecule has 1 fully saturated rings. The van der Waals surface area contributed by atoms with Gasteiger partial charge >= 0.3 is 0 Å². The normalized spacial score (nSPS) is 16.6. The van der Waals surface area contributed by atoms with Crippen molar-refractivity contribution in [2.45, 2.75) is 71.1 Å². The number of rotatable bonds is 3. The van der Waals surface area contributed by atoms with Crippen LogP contribution in [-0.4, -0.2) is 25.3 Å². The molecule has 2 heterocycles. The summed E-state index contributed by atoms with van der Waals surface area (Å²) < 4.78 is 11.4. The van der Waals surface area contributed by atoms with Gasteiger partial charge in [0, 0.05) is 41.2 Å². The second-order valence-corrected chi connectivity index (χ2v) is 10.5. The SMILES string of the molecule is COc1c(C(C)(C)C)cc(-c2csc(C3CCOCC3)n2)cc1C(C)(C)C. The third-order valence-electron chi connectivity index (χ3n) is 5.30. The fourth-order valence-corrected chi connectivity index (χ4v) is 4.66. The van der Waals surface area contributed by atoms with Crippen molar-refractivity contribution in [3.8, 4) is 17.0 Å². The molecule has 1 aromatic carbocycles. The minimum atomic E-state index is 0.000906. The lowest BCUT2D eigenvalue weighted by atomic mass is 9.78. The van der Waals surface area contributed by atoms with E-state index in [-0.39, 0.29) is 10.8 Å². The van der Waals surface area contributed by atoms with Gasteiger partial charge < -0.3 is 9.47 Å². The maximum atomic E-state index is 5.89. The molecule has 1 aliphatic rings. The van der Waals surface area contributed by atoms with Crippen LogP contribution in [0.1, 0.15) is 76.4 Å². The second-order valence-electron chi connectivity index (χ2n) is 9.56. The average Bonchev–Trinajstić information content (AvgIpc) is 3.10. The molecule has 0 radical (unpaired) electrons. The molecular formula is C23H33NO2S. The maximum Gasteiger partial charge on any atom is 0.126 e. The number of methoxy groups -OCH3 is 1. The third-order valence-corrected chi connectivity index (χ3v) is 6.30. The second kappa shape index (κ2) is 7.56. The van der Waals surface area contributed by atoms with E-state index in [1.54, 1.807) is 18.4 Å². The summed E-state index contributed by atoms with van der Waals surface area (Å²) in [5.41, 5.74) is 4.77. The molecule has 4 heteroatoms. The van der Waals surface area contributed by atoms with Crippen LogP contribution in [0.5, 0.6) is 5.75 Å². The van der Waals surface area contributed by atoms with Crippen LogP contribution >= 0.6 is 11.3 Å². The van der Waals surface area contributed by atoms with Crippen molar-refractivity contribution in [3.63, 3.8) is 0 Å². The Morgan fingerprint density at radius 2 is 1.56 bits per heavy atom. The van der Waals surface area contributed by atoms with Gasteiger partial charge in [0.2, 0.25) is 0 Å². The van der Waals surface area contributed by atoms with Gasteiger partial charge in [-0.3, -0.25) is 0 Å². The monoisotopic (exact) mass is 387 g/mol. The quantitative estimate of drug-likeness (QED) is 0.618. The minimum absolute atomic E-state index is 0.000906. The highest BCUT2D eigenvalue weighted by molar-refractivity contribution is 7.10. The van der Waals surface area contributed by atoms with Crippen molar-refractivity contribution in [3.05, 3.63) is 33.6 Å². The third kappa shape index (κ3) is 4.38. The Morgan fingerprint density at radius 3 is 2.04 bits per heavy atom. The summed E-state index contributed by atoms with van der Waals surface area (Å²) >= 11 is 1.79. The molecule has 0 atom stereocenters. The molecule has 0 bridgehead atoms. The van der Waals surface area contributed by atoms with Crippen LogP contribution in [0.15, 0.2) is 17.5 Å². The summed E-state index contributed by atoms with van der Waals surface area (Å²) in [5, 5.41) is 3.46. The Morgan fingerprint density at radius 1 is 1.00 bits per heavy atom. The number of ether oxygens (including phenoxy) is 2. The van der Waals surface area contributed by atoms with E-state index in [4.69, 9.17) is 14.5 Å². The molecule has 2 aromatic rings. The van der Waals surface area contributed by atoms with Crippen molar-refractivity contribution in [2.75, 3.05) is 20.3 Å². The highest BCUT2D eigenvalue weighted by Gasteiger charge is 2.28. The minimum Gasteiger partial charge on any atom is -0.496 e. The van der Waals surface area contributed by atoms with Gasteiger partial charge in [-0.05, 0) is 35.8 Å². The Hall–Kier alpha value is -1.39. The summed E-state index contributed by atoms with van der Waals surface area (Å²) in [6.07, 6.45) is 2.16. The smallest absolute Gasteiger partial charge is 0.126 e. The summed E-state index contributed by atoms with van der Waals surface area (Å²) in [4.78, 5) is 5.03. The zero-order valence-corrected chi connectivity index (χ0v) is 18.6. The number of benzene rings is 1. The van der Waals surface area contributed by atoms with Crippen LogP contribution in [-0.2, 0) is 15.6 Å². The molecule has 0 unspecified atom stereocenters. The first-order chi connectivity index (χ1) is 12.6. The van der Waals surface area contributed by atoms with Gasteiger partial charge in [-0.15, -0.1) is 11.3 Å². The Bertz CT molecular complexity index is 754. The van der Waals surface area contributed by atoms with Gasteiger partial charge in [0.05, 0.1) is 17.8 Å². The summed E-state index contributed by atoms with van der Waals surface area (Å²) in [7, 11) is 1.78. The highest BCUT2D eigenvalue weighted by atomic mass is 32.1. The zero-order valence-electron chi connectivity index (χ0n) is 17.8. The van der Waals surface area contributed by atoms with Gasteiger partial charge in [0.1, 0.15) is 5.75 Å². The van der Waals surface area contributed by atoms with Crippen LogP contribution in [0.4, 0.5) is 0 Å². The van der Waals surface area contributed by atoms with Gasteiger partial charge in [-0.2, -0.15) is 0 Å². The summed E-state index contributed by atoms with van der Waals surface area (Å²) in [5.74, 6) is 1.55. The molecule has 3 rings (SSSR count). The zero-order chi connectivity index (χ0) is 19.8. The fourth-order valence-electron chi connectivity index (χ4n) is 3.66. The molecule has 1 saturated heterocycles. The first-order valence-corrected chi connectivity index (χ1v) is 10.8. The van der Waals surface area contributed by atoms with Crippen LogP contribution in [0.25, 0.3) is 11.3 Å². The van der Waals surface area contributed by atoms with E-state index in [1.165, 1.54) is 21.7 Å². The molecule has 27 heavy (non-hydrogen) atoms. The molecule has 0 spiro atoms. The van der Waals surface area contributed by atoms with Crippen LogP contribution in [0.2, 0.25) is 0 Å². The van der Waals surface area contributed by atoms with Gasteiger partial charge in [0.25, 0.3) is 0 Å². The fraction of sp³-hybridized carbons (Fsp3) is 0.609. The maximum absolute atomic E-state index is 5.89. The molecule has 0 amide bonds. The Kier molecular flexibility index (Phi) is 5.69. The first-order valence-electron chi connectivity index (χ1n) is 9.88. The van der Waals surface area contributed by atoms with E-state index in [0.29, 0.717) is 5.92 Å². The predicted molar refractivity (Wildman–Crippen MR) is 114 cm³/mol. The Labute approximate surface area is 168 Å². The van der Waals surface area contributed by atoms with Crippen LogP contribution in [0, 0.1) is 0 Å². The van der Waals surface area contributed by atoms with Crippen molar-refractivity contribution < 1.29 is 9.47 Å². The van der Waals surface area contributed by atoms with E-state index in [1.807, 2.05) is 0 Å². The first kappa shape index (κ1) is 20.3. The average molecular weight is 388 g/mol. The number of hydrogen-bond donors (Lipinski definition) is 0. The number of nitrogens with zero attached hydrogens (tertiary/aromatic N) is 1. The lowest BCUT2D eigenvalue weighted by Gasteiger charge is -2.29. The molecule has 0 saturated carbocycles. The van der Waals surface area contributed by atoms with Crippen molar-refractivity contribution >= 4 is 11.3 Å². The van der Waals surface area contributed by atoms with Crippen molar-refractivity contribution in [1.82, 2.24) is 4.98 Å². The predicted octanol–water partition coefficient (Wildman–Crippen LogP) is 6.31. The van der Waals surface area contributed by atoms with Crippen molar-refractivity contribution in [1.29, 1.82) is 0 Å². The highest BCUT2D eigenvalue weighted by Crippen LogP contribution is 2.43. The molecule has 1 aromatic heterocycles.